The number of fused-ring (bicyclic) bond motifs is 1. The maximum Gasteiger partial charge on any atom is 0.254 e. The third-order valence-corrected chi connectivity index (χ3v) is 4.34. The molecular weight excluding hydrogens is 340 g/mol. The number of amides is 2. The van der Waals surface area contributed by atoms with Crippen LogP contribution in [0.5, 0.6) is 5.75 Å². The third kappa shape index (κ3) is 3.61. The van der Waals surface area contributed by atoms with Crippen LogP contribution in [-0.4, -0.2) is 25.0 Å². The highest BCUT2D eigenvalue weighted by Crippen LogP contribution is 2.40. The zero-order chi connectivity index (χ0) is 18.0. The Morgan fingerprint density at radius 3 is 2.76 bits per heavy atom. The molecule has 0 saturated carbocycles. The fourth-order valence-corrected chi connectivity index (χ4v) is 3.26. The topological polar surface area (TPSA) is 58.6 Å². The molecule has 25 heavy (non-hydrogen) atoms. The molecule has 1 N–H and O–H groups in total. The molecule has 0 saturated heterocycles. The van der Waals surface area contributed by atoms with Gasteiger partial charge in [0, 0.05) is 12.5 Å². The molecule has 2 aromatic rings. The van der Waals surface area contributed by atoms with Crippen molar-refractivity contribution >= 4 is 29.1 Å². The number of halogens is 1. The first-order valence-electron chi connectivity index (χ1n) is 8.03. The van der Waals surface area contributed by atoms with Crippen LogP contribution in [0, 0.1) is 6.92 Å². The average Bonchev–Trinajstić information content (AvgIpc) is 2.81. The summed E-state index contributed by atoms with van der Waals surface area (Å²) in [6.45, 7) is 4.05. The number of aryl methyl sites for hydroxylation is 1. The van der Waals surface area contributed by atoms with Gasteiger partial charge < -0.3 is 15.0 Å². The number of para-hydroxylation sites is 1. The summed E-state index contributed by atoms with van der Waals surface area (Å²) < 4.78 is 5.74. The molecule has 0 spiro atoms. The van der Waals surface area contributed by atoms with E-state index in [2.05, 4.69) is 5.32 Å². The molecule has 0 aliphatic carbocycles. The Kier molecular flexibility index (Phi) is 4.95. The third-order valence-electron chi connectivity index (χ3n) is 4.03. The zero-order valence-corrected chi connectivity index (χ0v) is 14.8. The lowest BCUT2D eigenvalue weighted by atomic mass is 10.1. The van der Waals surface area contributed by atoms with E-state index in [1.54, 1.807) is 23.1 Å². The molecule has 2 amide bonds. The number of rotatable bonds is 5. The summed E-state index contributed by atoms with van der Waals surface area (Å²) in [5, 5.41) is 3.17. The number of hydrogen-bond acceptors (Lipinski definition) is 3. The first kappa shape index (κ1) is 17.3. The van der Waals surface area contributed by atoms with Crippen molar-refractivity contribution in [2.24, 2.45) is 0 Å². The highest BCUT2D eigenvalue weighted by Gasteiger charge is 2.38. The van der Waals surface area contributed by atoms with E-state index in [-0.39, 0.29) is 11.8 Å². The average molecular weight is 359 g/mol. The van der Waals surface area contributed by atoms with Gasteiger partial charge in [0.05, 0.1) is 17.3 Å². The van der Waals surface area contributed by atoms with E-state index in [0.717, 1.165) is 11.3 Å². The summed E-state index contributed by atoms with van der Waals surface area (Å²) in [5.74, 6) is 0.290. The zero-order valence-electron chi connectivity index (χ0n) is 14.1. The molecular formula is C19H19ClN2O3. The predicted molar refractivity (Wildman–Crippen MR) is 97.0 cm³/mol. The molecule has 5 nitrogen and oxygen atoms in total. The SMILES string of the molecule is CC(=O)N[C@H]1C(=O)N(CCOc2cccc(C)c2)c2c(Cl)cccc21. The number of anilines is 1. The Balaban J connectivity index is 1.77. The van der Waals surface area contributed by atoms with Gasteiger partial charge in [0.15, 0.2) is 0 Å². The van der Waals surface area contributed by atoms with Crippen LogP contribution < -0.4 is 15.0 Å². The van der Waals surface area contributed by atoms with E-state index in [0.29, 0.717) is 29.4 Å². The number of nitrogens with zero attached hydrogens (tertiary/aromatic N) is 1. The van der Waals surface area contributed by atoms with Crippen molar-refractivity contribution in [3.63, 3.8) is 0 Å². The van der Waals surface area contributed by atoms with E-state index >= 15 is 0 Å². The van der Waals surface area contributed by atoms with Crippen LogP contribution in [0.25, 0.3) is 0 Å². The monoisotopic (exact) mass is 358 g/mol. The van der Waals surface area contributed by atoms with Crippen molar-refractivity contribution in [3.05, 3.63) is 58.6 Å². The molecule has 0 unspecified atom stereocenters. The van der Waals surface area contributed by atoms with Crippen molar-refractivity contribution in [2.75, 3.05) is 18.1 Å². The van der Waals surface area contributed by atoms with Crippen molar-refractivity contribution in [1.82, 2.24) is 5.32 Å². The highest BCUT2D eigenvalue weighted by molar-refractivity contribution is 6.34. The highest BCUT2D eigenvalue weighted by atomic mass is 35.5. The maximum absolute atomic E-state index is 12.7. The molecule has 1 heterocycles. The quantitative estimate of drug-likeness (QED) is 0.892. The molecule has 130 valence electrons. The van der Waals surface area contributed by atoms with E-state index < -0.39 is 6.04 Å². The van der Waals surface area contributed by atoms with Crippen molar-refractivity contribution in [3.8, 4) is 5.75 Å². The summed E-state index contributed by atoms with van der Waals surface area (Å²) in [6, 6.07) is 12.3. The van der Waals surface area contributed by atoms with Gasteiger partial charge >= 0.3 is 0 Å². The van der Waals surface area contributed by atoms with Crippen molar-refractivity contribution < 1.29 is 14.3 Å². The summed E-state index contributed by atoms with van der Waals surface area (Å²) >= 11 is 6.30. The molecule has 0 radical (unpaired) electrons. The normalized spacial score (nSPS) is 15.9. The van der Waals surface area contributed by atoms with Gasteiger partial charge in [-0.05, 0) is 30.7 Å². The standard InChI is InChI=1S/C19H19ClN2O3/c1-12-5-3-6-14(11-12)25-10-9-22-18-15(7-4-8-16(18)20)17(19(22)24)21-13(2)23/h3-8,11,17H,9-10H2,1-2H3,(H,21,23)/t17-/m1/s1. The number of nitrogens with one attached hydrogen (secondary N) is 1. The van der Waals surface area contributed by atoms with Gasteiger partial charge in [-0.1, -0.05) is 35.9 Å². The first-order valence-corrected chi connectivity index (χ1v) is 8.41. The number of benzene rings is 2. The van der Waals surface area contributed by atoms with E-state index in [1.165, 1.54) is 6.92 Å². The van der Waals surface area contributed by atoms with Gasteiger partial charge in [-0.3, -0.25) is 9.59 Å². The molecule has 0 fully saturated rings. The minimum absolute atomic E-state index is 0.203. The van der Waals surface area contributed by atoms with Gasteiger partial charge in [-0.2, -0.15) is 0 Å². The fourth-order valence-electron chi connectivity index (χ4n) is 2.97. The molecule has 1 aliphatic heterocycles. The van der Waals surface area contributed by atoms with E-state index in [1.807, 2.05) is 31.2 Å². The number of carbonyl (C=O) groups excluding carboxylic acids is 2. The lowest BCUT2D eigenvalue weighted by Crippen LogP contribution is -2.38. The van der Waals surface area contributed by atoms with Gasteiger partial charge in [0.1, 0.15) is 18.4 Å². The lowest BCUT2D eigenvalue weighted by Gasteiger charge is -2.19. The smallest absolute Gasteiger partial charge is 0.254 e. The van der Waals surface area contributed by atoms with Crippen LogP contribution in [0.1, 0.15) is 24.1 Å². The summed E-state index contributed by atoms with van der Waals surface area (Å²) in [5.41, 5.74) is 2.46. The van der Waals surface area contributed by atoms with Crippen molar-refractivity contribution in [1.29, 1.82) is 0 Å². The van der Waals surface area contributed by atoms with Crippen LogP contribution in [0.4, 0.5) is 5.69 Å². The van der Waals surface area contributed by atoms with Gasteiger partial charge in [0.2, 0.25) is 5.91 Å². The van der Waals surface area contributed by atoms with Crippen LogP contribution in [0.3, 0.4) is 0 Å². The Morgan fingerprint density at radius 2 is 2.04 bits per heavy atom. The molecule has 0 bridgehead atoms. The van der Waals surface area contributed by atoms with Crippen molar-refractivity contribution in [2.45, 2.75) is 19.9 Å². The van der Waals surface area contributed by atoms with Gasteiger partial charge in [-0.15, -0.1) is 0 Å². The molecule has 2 aromatic carbocycles. The second-order valence-electron chi connectivity index (χ2n) is 5.97. The van der Waals surface area contributed by atoms with Gasteiger partial charge in [-0.25, -0.2) is 0 Å². The molecule has 3 rings (SSSR count). The lowest BCUT2D eigenvalue weighted by molar-refractivity contribution is -0.126. The minimum Gasteiger partial charge on any atom is -0.492 e. The summed E-state index contributed by atoms with van der Waals surface area (Å²) in [6.07, 6.45) is 0. The molecule has 1 aliphatic rings. The van der Waals surface area contributed by atoms with E-state index in [9.17, 15) is 9.59 Å². The fraction of sp³-hybridized carbons (Fsp3) is 0.263. The first-order chi connectivity index (χ1) is 12.0. The van der Waals surface area contributed by atoms with Crippen LogP contribution >= 0.6 is 11.6 Å². The Labute approximate surface area is 151 Å². The molecule has 1 atom stereocenters. The van der Waals surface area contributed by atoms with Gasteiger partial charge in [0.25, 0.3) is 5.91 Å². The number of ether oxygens (including phenoxy) is 1. The van der Waals surface area contributed by atoms with E-state index in [4.69, 9.17) is 16.3 Å². The van der Waals surface area contributed by atoms with Crippen LogP contribution in [-0.2, 0) is 9.59 Å². The largest absolute Gasteiger partial charge is 0.492 e. The molecule has 0 aromatic heterocycles. The Bertz CT molecular complexity index is 822. The minimum atomic E-state index is -0.704. The summed E-state index contributed by atoms with van der Waals surface area (Å²) in [7, 11) is 0. The van der Waals surface area contributed by atoms with Crippen LogP contribution in [0.15, 0.2) is 42.5 Å². The van der Waals surface area contributed by atoms with Crippen LogP contribution in [0.2, 0.25) is 5.02 Å². The Hall–Kier alpha value is -2.53. The predicted octanol–water partition coefficient (Wildman–Crippen LogP) is 3.25. The molecule has 6 heteroatoms. The summed E-state index contributed by atoms with van der Waals surface area (Å²) in [4.78, 5) is 25.8. The maximum atomic E-state index is 12.7. The number of carbonyl (C=O) groups is 2. The number of hydrogen-bond donors (Lipinski definition) is 1. The Morgan fingerprint density at radius 1 is 1.28 bits per heavy atom. The second-order valence-corrected chi connectivity index (χ2v) is 6.37. The second kappa shape index (κ2) is 7.15.